The molecule has 7 heteroatoms. The third-order valence-electron chi connectivity index (χ3n) is 7.49. The number of hydrogen-bond donors (Lipinski definition) is 1. The first-order valence-electron chi connectivity index (χ1n) is 11.9. The monoisotopic (exact) mass is 540 g/mol. The van der Waals surface area contributed by atoms with Gasteiger partial charge in [0.25, 0.3) is 10.1 Å². The van der Waals surface area contributed by atoms with Crippen LogP contribution in [0.1, 0.15) is 89.9 Å². The quantitative estimate of drug-likeness (QED) is 0.336. The smallest absolute Gasteiger partial charge is 0.282 e. The van der Waals surface area contributed by atoms with E-state index in [9.17, 15) is 13.0 Å². The molecule has 0 amide bonds. The third-order valence-corrected chi connectivity index (χ3v) is 13.3. The Hall–Kier alpha value is -1.38. The number of hydrogen-bond acceptors (Lipinski definition) is 5. The van der Waals surface area contributed by atoms with Crippen molar-refractivity contribution in [1.82, 2.24) is 0 Å². The number of thioether (sulfide) groups is 3. The molecule has 0 aliphatic carbocycles. The lowest BCUT2D eigenvalue weighted by Crippen LogP contribution is -2.04. The van der Waals surface area contributed by atoms with Crippen LogP contribution in [0.25, 0.3) is 0 Å². The van der Waals surface area contributed by atoms with E-state index in [1.165, 1.54) is 38.9 Å². The highest BCUT2D eigenvalue weighted by Crippen LogP contribution is 2.70. The van der Waals surface area contributed by atoms with Gasteiger partial charge in [0, 0.05) is 31.5 Å². The molecule has 3 aliphatic heterocycles. The highest BCUT2D eigenvalue weighted by Gasteiger charge is 2.47. The molecule has 0 aromatic heterocycles. The second kappa shape index (κ2) is 8.59. The summed E-state index contributed by atoms with van der Waals surface area (Å²) in [5.74, 6) is 0. The lowest BCUT2D eigenvalue weighted by molar-refractivity contribution is 0.483. The predicted molar refractivity (Wildman–Crippen MR) is 149 cm³/mol. The van der Waals surface area contributed by atoms with Gasteiger partial charge < -0.3 is 0 Å². The van der Waals surface area contributed by atoms with E-state index in [4.69, 9.17) is 0 Å². The molecule has 0 saturated carbocycles. The maximum Gasteiger partial charge on any atom is 0.294 e. The van der Waals surface area contributed by atoms with Crippen molar-refractivity contribution < 1.29 is 13.0 Å². The van der Waals surface area contributed by atoms with Crippen molar-refractivity contribution in [1.29, 1.82) is 0 Å². The fourth-order valence-corrected chi connectivity index (χ4v) is 11.6. The lowest BCUT2D eigenvalue weighted by Gasteiger charge is -2.23. The largest absolute Gasteiger partial charge is 0.294 e. The first-order chi connectivity index (χ1) is 16.6. The minimum Gasteiger partial charge on any atom is -0.282 e. The van der Waals surface area contributed by atoms with Gasteiger partial charge in [-0.25, -0.2) is 0 Å². The Labute approximate surface area is 220 Å². The van der Waals surface area contributed by atoms with Gasteiger partial charge in [-0.2, -0.15) is 8.42 Å². The highest BCUT2D eigenvalue weighted by atomic mass is 32.2. The third kappa shape index (κ3) is 3.98. The summed E-state index contributed by atoms with van der Waals surface area (Å²) in [6, 6.07) is 18.8. The van der Waals surface area contributed by atoms with Gasteiger partial charge in [0.1, 0.15) is 0 Å². The average molecular weight is 541 g/mol. The van der Waals surface area contributed by atoms with Crippen molar-refractivity contribution in [2.45, 2.75) is 64.1 Å². The Balaban J connectivity index is 1.47. The summed E-state index contributed by atoms with van der Waals surface area (Å²) in [7, 11) is -4.27. The summed E-state index contributed by atoms with van der Waals surface area (Å²) in [6.45, 7) is 8.84. The van der Waals surface area contributed by atoms with E-state index < -0.39 is 10.1 Å². The number of benzene rings is 3. The molecule has 3 heterocycles. The molecule has 3 nitrogen and oxygen atoms in total. The van der Waals surface area contributed by atoms with Gasteiger partial charge in [-0.1, -0.05) is 53.6 Å². The minimum atomic E-state index is -4.27. The molecule has 0 bridgehead atoms. The summed E-state index contributed by atoms with van der Waals surface area (Å²) >= 11 is 5.96. The van der Waals surface area contributed by atoms with Crippen LogP contribution in [0.3, 0.4) is 0 Å². The van der Waals surface area contributed by atoms with Crippen LogP contribution >= 0.6 is 35.3 Å². The van der Waals surface area contributed by atoms with E-state index in [1.807, 2.05) is 41.4 Å². The predicted octanol–water partition coefficient (Wildman–Crippen LogP) is 8.48. The summed E-state index contributed by atoms with van der Waals surface area (Å²) in [5.41, 5.74) is 10.4. The average Bonchev–Trinajstić information content (AvgIpc) is 3.44. The van der Waals surface area contributed by atoms with Gasteiger partial charge in [0.15, 0.2) is 0 Å². The van der Waals surface area contributed by atoms with E-state index in [2.05, 4.69) is 64.1 Å². The second-order valence-electron chi connectivity index (χ2n) is 9.91. The zero-order valence-corrected chi connectivity index (χ0v) is 23.3. The van der Waals surface area contributed by atoms with Crippen molar-refractivity contribution in [3.8, 4) is 0 Å². The SMILES string of the molecule is Cc1ccc2c(c1)C(C)SC2C1SC(C2SC(C)c3ccc(C)cc32)c2ccc(S(=O)(=O)O)cc21. The van der Waals surface area contributed by atoms with Crippen LogP contribution in [0.2, 0.25) is 0 Å². The van der Waals surface area contributed by atoms with Gasteiger partial charge in [-0.15, -0.1) is 35.3 Å². The van der Waals surface area contributed by atoms with E-state index in [1.54, 1.807) is 12.1 Å². The molecule has 3 aromatic rings. The summed E-state index contributed by atoms with van der Waals surface area (Å²) in [6.07, 6.45) is 0. The Morgan fingerprint density at radius 2 is 1.06 bits per heavy atom. The van der Waals surface area contributed by atoms with E-state index >= 15 is 0 Å². The molecule has 0 spiro atoms. The Kier molecular flexibility index (Phi) is 5.89. The summed E-state index contributed by atoms with van der Waals surface area (Å²) in [5, 5.41) is 1.73. The molecule has 35 heavy (non-hydrogen) atoms. The van der Waals surface area contributed by atoms with Crippen LogP contribution < -0.4 is 0 Å². The van der Waals surface area contributed by atoms with E-state index in [0.717, 1.165) is 5.56 Å². The normalized spacial score (nSPS) is 29.2. The molecule has 6 atom stereocenters. The van der Waals surface area contributed by atoms with Crippen LogP contribution in [0.15, 0.2) is 59.5 Å². The van der Waals surface area contributed by atoms with Gasteiger partial charge in [0.2, 0.25) is 0 Å². The Bertz CT molecular complexity index is 1450. The second-order valence-corrected chi connectivity index (χ2v) is 15.6. The Morgan fingerprint density at radius 3 is 1.74 bits per heavy atom. The topological polar surface area (TPSA) is 54.4 Å². The first-order valence-corrected chi connectivity index (χ1v) is 16.2. The van der Waals surface area contributed by atoms with Crippen molar-refractivity contribution in [2.75, 3.05) is 0 Å². The standard InChI is InChI=1S/C28H28O3S4/c1-14-6-9-20-22(11-14)17(4)33-25(20)28-24-13-18(35(29,30)31)7-10-21(24)26(34-28)27-23-12-15(2)5-8-19(23)16(3)32-27/h5-13,16-17,25-28H,1-4H3,(H,29,30,31). The molecule has 0 fully saturated rings. The highest BCUT2D eigenvalue weighted by molar-refractivity contribution is 8.05. The molecule has 1 N–H and O–H groups in total. The molecule has 6 unspecified atom stereocenters. The van der Waals surface area contributed by atoms with Crippen molar-refractivity contribution in [2.24, 2.45) is 0 Å². The van der Waals surface area contributed by atoms with Gasteiger partial charge in [-0.05, 0) is 73.2 Å². The number of aryl methyl sites for hydroxylation is 2. The minimum absolute atomic E-state index is 0.00800. The van der Waals surface area contributed by atoms with Crippen LogP contribution in [-0.4, -0.2) is 13.0 Å². The molecule has 0 saturated heterocycles. The van der Waals surface area contributed by atoms with Gasteiger partial charge >= 0.3 is 0 Å². The van der Waals surface area contributed by atoms with Crippen molar-refractivity contribution in [3.05, 3.63) is 99.1 Å². The summed E-state index contributed by atoms with van der Waals surface area (Å²) < 4.78 is 34.0. The maximum absolute atomic E-state index is 12.1. The molecular weight excluding hydrogens is 513 g/mol. The molecule has 182 valence electrons. The van der Waals surface area contributed by atoms with Crippen molar-refractivity contribution >= 4 is 45.4 Å². The van der Waals surface area contributed by atoms with Gasteiger partial charge in [0.05, 0.1) is 4.90 Å². The first kappa shape index (κ1) is 24.0. The fourth-order valence-electron chi connectivity index (χ4n) is 5.81. The maximum atomic E-state index is 12.1. The lowest BCUT2D eigenvalue weighted by atomic mass is 9.91. The molecule has 6 rings (SSSR count). The van der Waals surface area contributed by atoms with Crippen molar-refractivity contribution in [3.63, 3.8) is 0 Å². The van der Waals surface area contributed by atoms with Crippen LogP contribution in [0.5, 0.6) is 0 Å². The molecule has 0 radical (unpaired) electrons. The Morgan fingerprint density at radius 1 is 0.600 bits per heavy atom. The van der Waals surface area contributed by atoms with E-state index in [-0.39, 0.29) is 20.6 Å². The molecule has 3 aromatic carbocycles. The number of fused-ring (bicyclic) bond motifs is 3. The van der Waals surface area contributed by atoms with Crippen LogP contribution in [0.4, 0.5) is 0 Å². The summed E-state index contributed by atoms with van der Waals surface area (Å²) in [4.78, 5) is -0.00800. The fraction of sp³-hybridized carbons (Fsp3) is 0.357. The number of rotatable bonds is 3. The zero-order chi connectivity index (χ0) is 24.6. The molecule has 3 aliphatic rings. The van der Waals surface area contributed by atoms with Crippen LogP contribution in [-0.2, 0) is 10.1 Å². The van der Waals surface area contributed by atoms with Crippen LogP contribution in [0, 0.1) is 13.8 Å². The van der Waals surface area contributed by atoms with Gasteiger partial charge in [-0.3, -0.25) is 4.55 Å². The van der Waals surface area contributed by atoms with E-state index in [0.29, 0.717) is 15.7 Å². The zero-order valence-electron chi connectivity index (χ0n) is 20.1. The molecular formula is C28H28O3S4.